The molecule has 0 bridgehead atoms. The lowest BCUT2D eigenvalue weighted by Gasteiger charge is -2.32. The van der Waals surface area contributed by atoms with E-state index in [1.165, 1.54) is 4.90 Å². The van der Waals surface area contributed by atoms with Crippen molar-refractivity contribution in [2.75, 3.05) is 25.9 Å². The lowest BCUT2D eigenvalue weighted by atomic mass is 10.1. The summed E-state index contributed by atoms with van der Waals surface area (Å²) in [4.78, 5) is 13.0. The minimum absolute atomic E-state index is 0. The first-order valence-corrected chi connectivity index (χ1v) is 6.06. The first-order valence-electron chi connectivity index (χ1n) is 5.08. The zero-order chi connectivity index (χ0) is 12.2. The average molecular weight is 293 g/mol. The molecule has 1 rings (SSSR count). The normalized spacial score (nSPS) is 20.9. The summed E-state index contributed by atoms with van der Waals surface area (Å²) in [5.41, 5.74) is -4.33. The van der Waals surface area contributed by atoms with Crippen LogP contribution in [0.5, 0.6) is 0 Å². The minimum Gasteiger partial charge on any atom is -0.340 e. The van der Waals surface area contributed by atoms with Crippen LogP contribution < -0.4 is 5.32 Å². The second-order valence-corrected chi connectivity index (χ2v) is 4.74. The topological polar surface area (TPSA) is 32.3 Å². The molecular formula is C9H16ClF3N2OS. The molecular weight excluding hydrogens is 277 g/mol. The Balaban J connectivity index is 0.00000256. The van der Waals surface area contributed by atoms with Crippen molar-refractivity contribution in [3.63, 3.8) is 0 Å². The fourth-order valence-corrected chi connectivity index (χ4v) is 2.14. The van der Waals surface area contributed by atoms with Crippen LogP contribution in [-0.4, -0.2) is 48.2 Å². The highest BCUT2D eigenvalue weighted by Crippen LogP contribution is 2.30. The highest BCUT2D eigenvalue weighted by atomic mass is 35.5. The van der Waals surface area contributed by atoms with E-state index in [0.717, 1.165) is 12.8 Å². The number of piperidine rings is 1. The monoisotopic (exact) mass is 292 g/mol. The van der Waals surface area contributed by atoms with E-state index in [2.05, 4.69) is 5.32 Å². The van der Waals surface area contributed by atoms with Gasteiger partial charge < -0.3 is 10.2 Å². The number of nitrogens with one attached hydrogen (secondary N) is 1. The summed E-state index contributed by atoms with van der Waals surface area (Å²) in [5, 5.41) is 3.04. The zero-order valence-corrected chi connectivity index (χ0v) is 11.1. The van der Waals surface area contributed by atoms with Crippen molar-refractivity contribution in [2.24, 2.45) is 0 Å². The molecule has 1 amide bonds. The van der Waals surface area contributed by atoms with E-state index >= 15 is 0 Å². The largest absolute Gasteiger partial charge is 0.442 e. The van der Waals surface area contributed by atoms with Gasteiger partial charge in [-0.05, 0) is 31.7 Å². The van der Waals surface area contributed by atoms with Crippen LogP contribution in [0.3, 0.4) is 0 Å². The molecule has 3 nitrogen and oxygen atoms in total. The predicted molar refractivity (Wildman–Crippen MR) is 64.4 cm³/mol. The van der Waals surface area contributed by atoms with Crippen molar-refractivity contribution in [3.05, 3.63) is 0 Å². The Hall–Kier alpha value is -0.140. The van der Waals surface area contributed by atoms with Crippen LogP contribution in [0.2, 0.25) is 0 Å². The lowest BCUT2D eigenvalue weighted by molar-refractivity contribution is -0.129. The van der Waals surface area contributed by atoms with Crippen LogP contribution >= 0.6 is 24.2 Å². The van der Waals surface area contributed by atoms with Crippen molar-refractivity contribution in [2.45, 2.75) is 24.4 Å². The van der Waals surface area contributed by atoms with Gasteiger partial charge in [0, 0.05) is 19.1 Å². The van der Waals surface area contributed by atoms with Crippen LogP contribution in [0.4, 0.5) is 13.2 Å². The Bertz CT molecular complexity index is 253. The van der Waals surface area contributed by atoms with E-state index in [4.69, 9.17) is 0 Å². The molecule has 0 radical (unpaired) electrons. The van der Waals surface area contributed by atoms with E-state index in [9.17, 15) is 18.0 Å². The molecule has 1 aliphatic rings. The first kappa shape index (κ1) is 16.9. The van der Waals surface area contributed by atoms with Crippen LogP contribution in [-0.2, 0) is 4.79 Å². The molecule has 0 aromatic carbocycles. The molecule has 0 saturated carbocycles. The Morgan fingerprint density at radius 1 is 1.53 bits per heavy atom. The van der Waals surface area contributed by atoms with Gasteiger partial charge in [0.25, 0.3) is 0 Å². The Morgan fingerprint density at radius 3 is 2.71 bits per heavy atom. The van der Waals surface area contributed by atoms with E-state index < -0.39 is 17.2 Å². The van der Waals surface area contributed by atoms with Crippen LogP contribution in [0, 0.1) is 0 Å². The molecule has 0 aromatic heterocycles. The third-order valence-corrected chi connectivity index (χ3v) is 3.26. The fourth-order valence-electron chi connectivity index (χ4n) is 1.67. The molecule has 1 atom stereocenters. The van der Waals surface area contributed by atoms with E-state index in [1.807, 2.05) is 0 Å². The quantitative estimate of drug-likeness (QED) is 0.862. The Morgan fingerprint density at radius 2 is 2.18 bits per heavy atom. The van der Waals surface area contributed by atoms with Gasteiger partial charge >= 0.3 is 5.51 Å². The summed E-state index contributed by atoms with van der Waals surface area (Å²) < 4.78 is 35.7. The number of hydrogen-bond donors (Lipinski definition) is 1. The number of thioether (sulfide) groups is 1. The summed E-state index contributed by atoms with van der Waals surface area (Å²) in [6.07, 6.45) is 1.81. The standard InChI is InChI=1S/C9H15F3N2OS.ClH/c1-13-7-3-2-4-14(5-7)8(15)6-16-9(10,11)12;/h7,13H,2-6H2,1H3;1H. The van der Waals surface area contributed by atoms with Gasteiger partial charge in [-0.1, -0.05) is 0 Å². The van der Waals surface area contributed by atoms with Crippen molar-refractivity contribution < 1.29 is 18.0 Å². The third-order valence-electron chi connectivity index (χ3n) is 2.54. The molecule has 0 aliphatic carbocycles. The molecule has 1 heterocycles. The maximum absolute atomic E-state index is 11.9. The molecule has 1 N–H and O–H groups in total. The van der Waals surface area contributed by atoms with Gasteiger partial charge in [0.15, 0.2) is 0 Å². The summed E-state index contributed by atoms with van der Waals surface area (Å²) in [5.74, 6) is -0.942. The van der Waals surface area contributed by atoms with Crippen molar-refractivity contribution in [1.82, 2.24) is 10.2 Å². The summed E-state index contributed by atoms with van der Waals surface area (Å²) in [7, 11) is 1.79. The number of alkyl halides is 3. The SMILES string of the molecule is CNC1CCCN(C(=O)CSC(F)(F)F)C1.Cl. The number of rotatable bonds is 3. The van der Waals surface area contributed by atoms with Gasteiger partial charge in [0.05, 0.1) is 5.75 Å². The number of hydrogen-bond acceptors (Lipinski definition) is 3. The molecule has 8 heteroatoms. The zero-order valence-electron chi connectivity index (χ0n) is 9.42. The number of likely N-dealkylation sites (N-methyl/N-ethyl adjacent to an activating group) is 1. The van der Waals surface area contributed by atoms with E-state index in [-0.39, 0.29) is 30.2 Å². The van der Waals surface area contributed by atoms with E-state index in [0.29, 0.717) is 13.1 Å². The highest BCUT2D eigenvalue weighted by molar-refractivity contribution is 8.00. The van der Waals surface area contributed by atoms with Gasteiger partial charge in [-0.3, -0.25) is 4.79 Å². The second kappa shape index (κ2) is 7.33. The van der Waals surface area contributed by atoms with Crippen molar-refractivity contribution in [3.8, 4) is 0 Å². The summed E-state index contributed by atoms with van der Waals surface area (Å²) >= 11 is -0.267. The summed E-state index contributed by atoms with van der Waals surface area (Å²) in [6.45, 7) is 1.07. The van der Waals surface area contributed by atoms with Crippen LogP contribution in [0.15, 0.2) is 0 Å². The number of halogens is 4. The molecule has 1 unspecified atom stereocenters. The molecule has 1 fully saturated rings. The van der Waals surface area contributed by atoms with Crippen molar-refractivity contribution in [1.29, 1.82) is 0 Å². The second-order valence-electron chi connectivity index (χ2n) is 3.70. The molecule has 0 aromatic rings. The Labute approximate surface area is 109 Å². The van der Waals surface area contributed by atoms with Gasteiger partial charge in [0.2, 0.25) is 5.91 Å². The number of amides is 1. The van der Waals surface area contributed by atoms with Gasteiger partial charge in [-0.25, -0.2) is 0 Å². The predicted octanol–water partition coefficient (Wildman–Crippen LogP) is 1.87. The minimum atomic E-state index is -4.33. The number of nitrogens with zero attached hydrogens (tertiary/aromatic N) is 1. The third kappa shape index (κ3) is 6.38. The molecule has 17 heavy (non-hydrogen) atoms. The maximum Gasteiger partial charge on any atom is 0.442 e. The highest BCUT2D eigenvalue weighted by Gasteiger charge is 2.31. The number of carbonyl (C=O) groups is 1. The van der Waals surface area contributed by atoms with Crippen molar-refractivity contribution >= 4 is 30.1 Å². The fraction of sp³-hybridized carbons (Fsp3) is 0.889. The Kier molecular flexibility index (Phi) is 7.27. The average Bonchev–Trinajstić information content (AvgIpc) is 2.25. The first-order chi connectivity index (χ1) is 7.42. The lowest BCUT2D eigenvalue weighted by Crippen LogP contribution is -2.47. The number of likely N-dealkylation sites (tertiary alicyclic amines) is 1. The molecule has 0 spiro atoms. The van der Waals surface area contributed by atoms with Crippen LogP contribution in [0.25, 0.3) is 0 Å². The molecule has 1 aliphatic heterocycles. The maximum atomic E-state index is 11.9. The van der Waals surface area contributed by atoms with Gasteiger partial charge in [0.1, 0.15) is 0 Å². The van der Waals surface area contributed by atoms with Crippen LogP contribution in [0.1, 0.15) is 12.8 Å². The van der Waals surface area contributed by atoms with E-state index in [1.54, 1.807) is 7.05 Å². The molecule has 102 valence electrons. The number of carbonyl (C=O) groups excluding carboxylic acids is 1. The van der Waals surface area contributed by atoms with Gasteiger partial charge in [-0.2, -0.15) is 13.2 Å². The smallest absolute Gasteiger partial charge is 0.340 e. The van der Waals surface area contributed by atoms with Gasteiger partial charge in [-0.15, -0.1) is 12.4 Å². The summed E-state index contributed by atoms with van der Waals surface area (Å²) in [6, 6.07) is 0.202. The molecule has 1 saturated heterocycles.